The van der Waals surface area contributed by atoms with Gasteiger partial charge >= 0.3 is 0 Å². The second-order valence-electron chi connectivity index (χ2n) is 2.97. The predicted octanol–water partition coefficient (Wildman–Crippen LogP) is 1.52. The molecule has 11 heavy (non-hydrogen) atoms. The number of allylic oxidation sites excluding steroid dienone is 1. The number of likely N-dealkylation sites (N-methyl/N-ethyl adjacent to an activating group) is 1. The van der Waals surface area contributed by atoms with Crippen molar-refractivity contribution < 1.29 is 4.79 Å². The van der Waals surface area contributed by atoms with Crippen LogP contribution in [0.2, 0.25) is 0 Å². The zero-order chi connectivity index (χ0) is 8.85. The van der Waals surface area contributed by atoms with Crippen molar-refractivity contribution >= 4 is 5.78 Å². The lowest BCUT2D eigenvalue weighted by atomic mass is 10.1. The van der Waals surface area contributed by atoms with Gasteiger partial charge in [-0.25, -0.2) is 0 Å². The van der Waals surface area contributed by atoms with Crippen molar-refractivity contribution in [1.29, 1.82) is 0 Å². The van der Waals surface area contributed by atoms with E-state index in [4.69, 9.17) is 0 Å². The molecule has 0 aliphatic heterocycles. The fraction of sp³-hybridized carbons (Fsp3) is 0.667. The lowest BCUT2D eigenvalue weighted by molar-refractivity contribution is -0.118. The fourth-order valence-electron chi connectivity index (χ4n) is 0.841. The third kappa shape index (κ3) is 4.73. The lowest BCUT2D eigenvalue weighted by Crippen LogP contribution is -2.31. The van der Waals surface area contributed by atoms with Crippen molar-refractivity contribution in [2.45, 2.75) is 33.2 Å². The van der Waals surface area contributed by atoms with Gasteiger partial charge in [0.2, 0.25) is 0 Å². The predicted molar refractivity (Wildman–Crippen MR) is 47.6 cm³/mol. The van der Waals surface area contributed by atoms with E-state index >= 15 is 0 Å². The van der Waals surface area contributed by atoms with Crippen molar-refractivity contribution in [2.75, 3.05) is 7.05 Å². The largest absolute Gasteiger partial charge is 0.310 e. The molecule has 2 heteroatoms. The van der Waals surface area contributed by atoms with Crippen LogP contribution in [0.4, 0.5) is 0 Å². The zero-order valence-electron chi connectivity index (χ0n) is 7.77. The van der Waals surface area contributed by atoms with Gasteiger partial charge < -0.3 is 5.32 Å². The van der Waals surface area contributed by atoms with Gasteiger partial charge in [-0.15, -0.1) is 0 Å². The minimum Gasteiger partial charge on any atom is -0.310 e. The molecule has 0 spiro atoms. The van der Waals surface area contributed by atoms with E-state index < -0.39 is 0 Å². The molecule has 0 amide bonds. The summed E-state index contributed by atoms with van der Waals surface area (Å²) in [5.41, 5.74) is 1.26. The minimum absolute atomic E-state index is 0.00935. The number of rotatable bonds is 4. The van der Waals surface area contributed by atoms with Crippen molar-refractivity contribution in [2.24, 2.45) is 0 Å². The molecule has 0 radical (unpaired) electrons. The molecule has 0 aromatic heterocycles. The van der Waals surface area contributed by atoms with Crippen LogP contribution in [-0.2, 0) is 4.79 Å². The van der Waals surface area contributed by atoms with Crippen LogP contribution in [-0.4, -0.2) is 18.9 Å². The molecule has 0 rings (SSSR count). The van der Waals surface area contributed by atoms with E-state index in [0.717, 1.165) is 6.42 Å². The maximum Gasteiger partial charge on any atom is 0.146 e. The Balaban J connectivity index is 3.89. The van der Waals surface area contributed by atoms with Crippen LogP contribution in [0.25, 0.3) is 0 Å². The van der Waals surface area contributed by atoms with Gasteiger partial charge in [-0.05, 0) is 34.2 Å². The SMILES string of the molecule is CN[C@@H](CC=C(C)C)C(C)=O. The number of ketones is 1. The highest BCUT2D eigenvalue weighted by Gasteiger charge is 2.08. The number of carbonyl (C=O) groups is 1. The summed E-state index contributed by atoms with van der Waals surface area (Å²) in [6.45, 7) is 5.68. The van der Waals surface area contributed by atoms with Crippen LogP contribution >= 0.6 is 0 Å². The summed E-state index contributed by atoms with van der Waals surface area (Å²) in [5.74, 6) is 0.199. The molecule has 0 aliphatic rings. The van der Waals surface area contributed by atoms with Crippen molar-refractivity contribution in [3.05, 3.63) is 11.6 Å². The third-order valence-electron chi connectivity index (χ3n) is 1.60. The molecule has 0 aromatic carbocycles. The highest BCUT2D eigenvalue weighted by Crippen LogP contribution is 1.98. The van der Waals surface area contributed by atoms with Gasteiger partial charge in [0.15, 0.2) is 0 Å². The number of Topliss-reactive ketones (excluding diaryl/α,β-unsaturated/α-hetero) is 1. The van der Waals surface area contributed by atoms with Crippen LogP contribution in [0.15, 0.2) is 11.6 Å². The Hall–Kier alpha value is -0.630. The van der Waals surface area contributed by atoms with Gasteiger partial charge in [0.05, 0.1) is 6.04 Å². The zero-order valence-corrected chi connectivity index (χ0v) is 7.77. The number of nitrogens with one attached hydrogen (secondary N) is 1. The minimum atomic E-state index is -0.00935. The molecule has 64 valence electrons. The Labute approximate surface area is 68.7 Å². The summed E-state index contributed by atoms with van der Waals surface area (Å²) < 4.78 is 0. The van der Waals surface area contributed by atoms with E-state index in [1.807, 2.05) is 20.9 Å². The number of carbonyl (C=O) groups excluding carboxylic acids is 1. The first-order valence-electron chi connectivity index (χ1n) is 3.89. The molecular formula is C9H17NO. The van der Waals surface area contributed by atoms with Crippen LogP contribution in [0, 0.1) is 0 Å². The van der Waals surface area contributed by atoms with Gasteiger partial charge in [-0.2, -0.15) is 0 Å². The Morgan fingerprint density at radius 1 is 1.45 bits per heavy atom. The Kier molecular flexibility index (Phi) is 4.79. The van der Waals surface area contributed by atoms with Gasteiger partial charge in [0, 0.05) is 0 Å². The van der Waals surface area contributed by atoms with Crippen LogP contribution in [0.5, 0.6) is 0 Å². The van der Waals surface area contributed by atoms with Crippen molar-refractivity contribution in [1.82, 2.24) is 5.32 Å². The molecule has 1 N–H and O–H groups in total. The molecule has 0 unspecified atom stereocenters. The van der Waals surface area contributed by atoms with E-state index in [1.54, 1.807) is 6.92 Å². The van der Waals surface area contributed by atoms with E-state index in [0.29, 0.717) is 0 Å². The Morgan fingerprint density at radius 2 is 2.00 bits per heavy atom. The highest BCUT2D eigenvalue weighted by atomic mass is 16.1. The van der Waals surface area contributed by atoms with Gasteiger partial charge in [0.25, 0.3) is 0 Å². The number of hydrogen-bond donors (Lipinski definition) is 1. The van der Waals surface area contributed by atoms with Crippen LogP contribution < -0.4 is 5.32 Å². The quantitative estimate of drug-likeness (QED) is 0.624. The molecule has 2 nitrogen and oxygen atoms in total. The van der Waals surface area contributed by atoms with Gasteiger partial charge in [0.1, 0.15) is 5.78 Å². The summed E-state index contributed by atoms with van der Waals surface area (Å²) in [5, 5.41) is 2.96. The first kappa shape index (κ1) is 10.4. The Bertz CT molecular complexity index is 157. The summed E-state index contributed by atoms with van der Waals surface area (Å²) in [6.07, 6.45) is 2.87. The maximum atomic E-state index is 10.9. The second-order valence-corrected chi connectivity index (χ2v) is 2.97. The molecule has 0 saturated carbocycles. The smallest absolute Gasteiger partial charge is 0.146 e. The lowest BCUT2D eigenvalue weighted by Gasteiger charge is -2.09. The van der Waals surface area contributed by atoms with E-state index in [2.05, 4.69) is 11.4 Å². The third-order valence-corrected chi connectivity index (χ3v) is 1.60. The van der Waals surface area contributed by atoms with E-state index in [9.17, 15) is 4.79 Å². The Morgan fingerprint density at radius 3 is 2.27 bits per heavy atom. The normalized spacial score (nSPS) is 12.4. The standard InChI is InChI=1S/C9H17NO/c1-7(2)5-6-9(10-4)8(3)11/h5,9-10H,6H2,1-4H3/t9-/m0/s1. The molecule has 0 aromatic rings. The number of hydrogen-bond acceptors (Lipinski definition) is 2. The molecule has 0 heterocycles. The summed E-state index contributed by atoms with van der Waals surface area (Å²) in [7, 11) is 1.81. The fourth-order valence-corrected chi connectivity index (χ4v) is 0.841. The van der Waals surface area contributed by atoms with Crippen molar-refractivity contribution in [3.63, 3.8) is 0 Å². The molecule has 0 saturated heterocycles. The average Bonchev–Trinajstić information content (AvgIpc) is 1.87. The van der Waals surface area contributed by atoms with Gasteiger partial charge in [-0.1, -0.05) is 11.6 Å². The molecule has 1 atom stereocenters. The average molecular weight is 155 g/mol. The summed E-state index contributed by atoms with van der Waals surface area (Å²) in [6, 6.07) is -0.00935. The second kappa shape index (κ2) is 5.08. The van der Waals surface area contributed by atoms with Gasteiger partial charge in [-0.3, -0.25) is 4.79 Å². The first-order chi connectivity index (χ1) is 5.07. The molecule has 0 aliphatic carbocycles. The van der Waals surface area contributed by atoms with E-state index in [1.165, 1.54) is 5.57 Å². The first-order valence-corrected chi connectivity index (χ1v) is 3.89. The van der Waals surface area contributed by atoms with E-state index in [-0.39, 0.29) is 11.8 Å². The van der Waals surface area contributed by atoms with Crippen LogP contribution in [0.1, 0.15) is 27.2 Å². The molecular weight excluding hydrogens is 138 g/mol. The summed E-state index contributed by atoms with van der Waals surface area (Å²) in [4.78, 5) is 10.9. The van der Waals surface area contributed by atoms with Crippen molar-refractivity contribution in [3.8, 4) is 0 Å². The summed E-state index contributed by atoms with van der Waals surface area (Å²) >= 11 is 0. The monoisotopic (exact) mass is 155 g/mol. The maximum absolute atomic E-state index is 10.9. The molecule has 0 fully saturated rings. The highest BCUT2D eigenvalue weighted by molar-refractivity contribution is 5.81. The molecule has 0 bridgehead atoms. The van der Waals surface area contributed by atoms with Crippen LogP contribution in [0.3, 0.4) is 0 Å². The topological polar surface area (TPSA) is 29.1 Å².